The Kier molecular flexibility index (Phi) is 3.36. The molecule has 0 radical (unpaired) electrons. The van der Waals surface area contributed by atoms with E-state index in [-0.39, 0.29) is 29.1 Å². The van der Waals surface area contributed by atoms with Crippen LogP contribution < -0.4 is 10.6 Å². The van der Waals surface area contributed by atoms with Gasteiger partial charge in [0.25, 0.3) is 0 Å². The number of hydrogen-bond donors (Lipinski definition) is 1. The molecular weight excluding hydrogens is 272 g/mol. The Bertz CT molecular complexity index is 559. The van der Waals surface area contributed by atoms with Crippen LogP contribution in [-0.2, 0) is 9.59 Å². The minimum absolute atomic E-state index is 0.195. The third-order valence-electron chi connectivity index (χ3n) is 2.84. The first-order chi connectivity index (χ1) is 8.41. The summed E-state index contributed by atoms with van der Waals surface area (Å²) in [5.41, 5.74) is 6.45. The highest BCUT2D eigenvalue weighted by Crippen LogP contribution is 2.32. The maximum Gasteiger partial charge on any atom is 0.237 e. The fourth-order valence-corrected chi connectivity index (χ4v) is 2.20. The van der Waals surface area contributed by atoms with Gasteiger partial charge in [-0.1, -0.05) is 36.8 Å². The van der Waals surface area contributed by atoms with Crippen molar-refractivity contribution in [2.75, 3.05) is 4.90 Å². The van der Waals surface area contributed by atoms with Crippen LogP contribution in [0.15, 0.2) is 18.2 Å². The Hall–Kier alpha value is -1.46. The van der Waals surface area contributed by atoms with E-state index in [0.717, 1.165) is 4.90 Å². The molecule has 1 atom stereocenters. The number of carbonyl (C=O) groups excluding carboxylic acids is 2. The predicted molar refractivity (Wildman–Crippen MR) is 73.6 cm³/mol. The van der Waals surface area contributed by atoms with Gasteiger partial charge in [-0.2, -0.15) is 0 Å². The molecule has 1 heterocycles. The van der Waals surface area contributed by atoms with Gasteiger partial charge in [-0.15, -0.1) is 0 Å². The van der Waals surface area contributed by atoms with Crippen LogP contribution in [0.3, 0.4) is 0 Å². The molecule has 0 aromatic heterocycles. The average molecular weight is 283 g/mol. The highest BCUT2D eigenvalue weighted by molar-refractivity contribution is 7.80. The van der Waals surface area contributed by atoms with E-state index in [9.17, 15) is 9.59 Å². The van der Waals surface area contributed by atoms with E-state index in [1.165, 1.54) is 0 Å². The van der Waals surface area contributed by atoms with Gasteiger partial charge >= 0.3 is 0 Å². The smallest absolute Gasteiger partial charge is 0.237 e. The van der Waals surface area contributed by atoms with Gasteiger partial charge in [0, 0.05) is 17.9 Å². The van der Waals surface area contributed by atoms with Crippen LogP contribution in [0, 0.1) is 5.92 Å². The summed E-state index contributed by atoms with van der Waals surface area (Å²) in [5, 5.41) is 0.325. The first-order valence-electron chi connectivity index (χ1n) is 5.38. The second-order valence-electron chi connectivity index (χ2n) is 4.20. The molecule has 1 fully saturated rings. The molecule has 1 aromatic rings. The van der Waals surface area contributed by atoms with Crippen LogP contribution in [0.25, 0.3) is 0 Å². The second kappa shape index (κ2) is 4.66. The van der Waals surface area contributed by atoms with Gasteiger partial charge in [-0.3, -0.25) is 9.59 Å². The molecule has 1 unspecified atom stereocenters. The number of rotatable bonds is 2. The molecule has 18 heavy (non-hydrogen) atoms. The third-order valence-corrected chi connectivity index (χ3v) is 3.40. The third kappa shape index (κ3) is 2.11. The summed E-state index contributed by atoms with van der Waals surface area (Å²) in [4.78, 5) is 25.0. The summed E-state index contributed by atoms with van der Waals surface area (Å²) in [6.45, 7) is 1.71. The van der Waals surface area contributed by atoms with Crippen molar-refractivity contribution in [1.82, 2.24) is 0 Å². The van der Waals surface area contributed by atoms with Gasteiger partial charge in [0.2, 0.25) is 11.8 Å². The van der Waals surface area contributed by atoms with Crippen LogP contribution in [0.4, 0.5) is 5.69 Å². The van der Waals surface area contributed by atoms with Gasteiger partial charge in [0.15, 0.2) is 0 Å². The lowest BCUT2D eigenvalue weighted by Crippen LogP contribution is -2.30. The lowest BCUT2D eigenvalue weighted by atomic mass is 10.1. The molecular formula is C12H11ClN2O2S. The summed E-state index contributed by atoms with van der Waals surface area (Å²) >= 11 is 10.9. The van der Waals surface area contributed by atoms with Gasteiger partial charge in [-0.25, -0.2) is 4.90 Å². The highest BCUT2D eigenvalue weighted by Gasteiger charge is 2.37. The molecule has 1 aromatic carbocycles. The van der Waals surface area contributed by atoms with Crippen LogP contribution in [0.2, 0.25) is 5.02 Å². The second-order valence-corrected chi connectivity index (χ2v) is 5.05. The van der Waals surface area contributed by atoms with E-state index in [2.05, 4.69) is 0 Å². The summed E-state index contributed by atoms with van der Waals surface area (Å²) in [7, 11) is 0. The number of halogens is 1. The van der Waals surface area contributed by atoms with Crippen LogP contribution >= 0.6 is 23.8 Å². The SMILES string of the molecule is CC1CC(=O)N(c2cc(C(N)=S)ccc2Cl)C1=O. The molecule has 2 rings (SSSR count). The van der Waals surface area contributed by atoms with Crippen molar-refractivity contribution in [3.63, 3.8) is 0 Å². The van der Waals surface area contributed by atoms with E-state index >= 15 is 0 Å². The van der Waals surface area contributed by atoms with Crippen molar-refractivity contribution in [2.24, 2.45) is 11.7 Å². The van der Waals surface area contributed by atoms with Crippen LogP contribution in [0.5, 0.6) is 0 Å². The largest absolute Gasteiger partial charge is 0.389 e. The number of amides is 2. The van der Waals surface area contributed by atoms with Crippen molar-refractivity contribution in [3.8, 4) is 0 Å². The molecule has 2 N–H and O–H groups in total. The number of benzene rings is 1. The van der Waals surface area contributed by atoms with E-state index < -0.39 is 0 Å². The summed E-state index contributed by atoms with van der Waals surface area (Å²) in [5.74, 6) is -0.821. The normalized spacial score (nSPS) is 19.4. The Balaban J connectivity index is 2.50. The predicted octanol–water partition coefficient (Wildman–Crippen LogP) is 1.87. The molecule has 1 aliphatic heterocycles. The number of thiocarbonyl (C=S) groups is 1. The molecule has 0 saturated carbocycles. The van der Waals surface area contributed by atoms with E-state index in [1.54, 1.807) is 25.1 Å². The number of carbonyl (C=O) groups is 2. The Morgan fingerprint density at radius 3 is 2.67 bits per heavy atom. The zero-order chi connectivity index (χ0) is 13.4. The molecule has 4 nitrogen and oxygen atoms in total. The Morgan fingerprint density at radius 2 is 2.17 bits per heavy atom. The van der Waals surface area contributed by atoms with Gasteiger partial charge in [0.05, 0.1) is 10.7 Å². The fourth-order valence-electron chi connectivity index (χ4n) is 1.87. The van der Waals surface area contributed by atoms with Crippen molar-refractivity contribution < 1.29 is 9.59 Å². The average Bonchev–Trinajstić information content (AvgIpc) is 2.54. The first kappa shape index (κ1) is 13.0. The molecule has 1 aliphatic rings. The Labute approximate surface area is 115 Å². The summed E-state index contributed by atoms with van der Waals surface area (Å²) < 4.78 is 0. The molecule has 0 bridgehead atoms. The van der Waals surface area contributed by atoms with Crippen molar-refractivity contribution in [2.45, 2.75) is 13.3 Å². The maximum atomic E-state index is 11.9. The first-order valence-corrected chi connectivity index (χ1v) is 6.16. The fraction of sp³-hybridized carbons (Fsp3) is 0.250. The molecule has 94 valence electrons. The quantitative estimate of drug-likeness (QED) is 0.664. The van der Waals surface area contributed by atoms with Crippen molar-refractivity contribution in [1.29, 1.82) is 0 Å². The molecule has 0 aliphatic carbocycles. The van der Waals surface area contributed by atoms with Crippen LogP contribution in [-0.4, -0.2) is 16.8 Å². The van der Waals surface area contributed by atoms with Gasteiger partial charge < -0.3 is 5.73 Å². The molecule has 2 amide bonds. The number of nitrogens with two attached hydrogens (primary N) is 1. The minimum atomic E-state index is -0.318. The lowest BCUT2D eigenvalue weighted by molar-refractivity contribution is -0.122. The Morgan fingerprint density at radius 1 is 1.50 bits per heavy atom. The zero-order valence-electron chi connectivity index (χ0n) is 9.64. The number of imide groups is 1. The number of nitrogens with zero attached hydrogens (tertiary/aromatic N) is 1. The van der Waals surface area contributed by atoms with Gasteiger partial charge in [0.1, 0.15) is 4.99 Å². The van der Waals surface area contributed by atoms with Gasteiger partial charge in [-0.05, 0) is 12.1 Å². The number of anilines is 1. The molecule has 0 spiro atoms. The van der Waals surface area contributed by atoms with Crippen molar-refractivity contribution in [3.05, 3.63) is 28.8 Å². The minimum Gasteiger partial charge on any atom is -0.389 e. The summed E-state index contributed by atoms with van der Waals surface area (Å²) in [6, 6.07) is 4.80. The summed E-state index contributed by atoms with van der Waals surface area (Å²) in [6.07, 6.45) is 0.201. The van der Waals surface area contributed by atoms with E-state index in [0.29, 0.717) is 16.3 Å². The monoisotopic (exact) mass is 282 g/mol. The standard InChI is InChI=1S/C12H11ClN2O2S/c1-6-4-10(16)15(12(6)17)9-5-7(11(14)18)2-3-8(9)13/h2-3,5-6H,4H2,1H3,(H2,14,18). The highest BCUT2D eigenvalue weighted by atomic mass is 35.5. The van der Waals surface area contributed by atoms with E-state index in [1.807, 2.05) is 0 Å². The maximum absolute atomic E-state index is 11.9. The molecule has 1 saturated heterocycles. The molecule has 6 heteroatoms. The van der Waals surface area contributed by atoms with Crippen molar-refractivity contribution >= 4 is 46.3 Å². The topological polar surface area (TPSA) is 63.4 Å². The lowest BCUT2D eigenvalue weighted by Gasteiger charge is -2.17. The van der Waals surface area contributed by atoms with Crippen LogP contribution in [0.1, 0.15) is 18.9 Å². The van der Waals surface area contributed by atoms with E-state index in [4.69, 9.17) is 29.6 Å². The number of hydrogen-bond acceptors (Lipinski definition) is 3. The zero-order valence-corrected chi connectivity index (χ0v) is 11.2.